The van der Waals surface area contributed by atoms with Crippen molar-refractivity contribution in [2.75, 3.05) is 66.4 Å². The highest BCUT2D eigenvalue weighted by molar-refractivity contribution is 7.59. The number of rotatable bonds is 41. The Morgan fingerprint density at radius 2 is 0.664 bits per heavy atom. The van der Waals surface area contributed by atoms with Crippen molar-refractivity contribution in [1.29, 1.82) is 0 Å². The van der Waals surface area contributed by atoms with Crippen LogP contribution in [0.5, 0.6) is 0 Å². The number of carbonyl (C=O) groups excluding carboxylic acids is 8. The van der Waals surface area contributed by atoms with Crippen molar-refractivity contribution in [2.24, 2.45) is 11.5 Å². The van der Waals surface area contributed by atoms with Crippen LogP contribution in [0.25, 0.3) is 0 Å². The SMILES string of the molecule is CC.COC(=O)[C@H](CC[P+](=O)O)NC(=O)OCc1ccccc1.COC(=O)c1cccc(C(O)P(=O)(O)CC[C@H](NC(=O)OCc2ccccc2)C(=O)OC)c1.COC(=O)c1ccccc1C(O)P(=O)(O)CC[C@H](NC(=O)OCc1ccccc1)C(=O)OC.N[C@@H](CCP(=O)(O)C(O)c1cccc(C(=O)O)c1)C(=O)O.N[C@@H](CCP(=O)(O)C(O)c1ccccc1C(=O)O)C(=O)O. The van der Waals surface area contributed by atoms with E-state index in [1.807, 2.05) is 44.2 Å². The van der Waals surface area contributed by atoms with Crippen LogP contribution in [0.4, 0.5) is 14.4 Å². The number of esters is 5. The zero-order chi connectivity index (χ0) is 98.9. The fourth-order valence-corrected chi connectivity index (χ4v) is 17.3. The number of ether oxygens (including phenoxy) is 8. The van der Waals surface area contributed by atoms with Crippen LogP contribution in [0.2, 0.25) is 0 Å². The van der Waals surface area contributed by atoms with Crippen LogP contribution in [0.3, 0.4) is 0 Å². The molecule has 7 aromatic rings. The lowest BCUT2D eigenvalue weighted by atomic mass is 10.1. The number of nitrogens with two attached hydrogens (primary N) is 2. The maximum absolute atomic E-state index is 12.8. The van der Waals surface area contributed by atoms with Gasteiger partial charge in [0, 0.05) is 42.2 Å². The minimum absolute atomic E-state index is 0.00118. The molecule has 0 heterocycles. The summed E-state index contributed by atoms with van der Waals surface area (Å²) in [6.07, 6.45) is -6.03. The van der Waals surface area contributed by atoms with E-state index in [-0.39, 0.29) is 103 Å². The third-order valence-electron chi connectivity index (χ3n) is 17.9. The second kappa shape index (κ2) is 58.7. The smallest absolute Gasteiger partial charge is 0.480 e. The largest absolute Gasteiger partial charge is 0.505 e. The van der Waals surface area contributed by atoms with Gasteiger partial charge in [-0.1, -0.05) is 166 Å². The number of aliphatic carboxylic acids is 2. The van der Waals surface area contributed by atoms with Gasteiger partial charge in [0.15, 0.2) is 29.5 Å². The summed E-state index contributed by atoms with van der Waals surface area (Å²) in [4.78, 5) is 187. The standard InChI is InChI=1S/2C22H26NO9P.C13H16NO6P.2C12H16NO7P.C2H6/c1-30-19(24)16-10-6-7-11-17(16)21(26)33(28,29)13-12-18(20(25)31-2)23-22(27)32-14-15-8-4-3-5-9-15;1-30-19(24)16-9-6-10-17(13-16)21(26)33(28,29)12-11-18(20(25)31-2)23-22(27)32-14-15-7-4-3-5-8-15;1-19-12(15)11(7-8-21(17)18)14-13(16)20-9-10-5-3-2-4-6-10;13-9(11(16)17)4-5-21(19,20)12(18)8-3-1-2-7(6-8)10(14)15;13-9(11(16)17)5-6-21(19,20)12(18)8-4-2-1-3-7(8)10(14)15;1-2/h3-11,18,21,26H,12-14H2,1-2H3,(H,23,27)(H,28,29);3-10,13,18,21,26H,11-12,14H2,1-2H3,(H,23,27)(H,28,29);2-6,11H,7-9H2,1H3,(H-,14,16,17,18);1-3,6,9,12,18H,4-5,13H2,(H,14,15)(H,16,17)(H,19,20);1-4,9,12,18H,5-6,13H2,(H,14,15)(H,16,17)(H,19,20);1-2H3/p+1/t2*18-,21?;11-;2*9-,12?;/m00000./s1. The molecule has 43 nitrogen and oxygen atoms in total. The van der Waals surface area contributed by atoms with Crippen LogP contribution >= 0.6 is 37.5 Å². The van der Waals surface area contributed by atoms with Crippen molar-refractivity contribution < 1.29 is 184 Å². The van der Waals surface area contributed by atoms with Crippen molar-refractivity contribution in [2.45, 2.75) is 119 Å². The molecule has 9 unspecified atom stereocenters. The average Bonchev–Trinajstić information content (AvgIpc) is 0.805. The summed E-state index contributed by atoms with van der Waals surface area (Å²) < 4.78 is 98.6. The molecule has 0 spiro atoms. The number of carbonyl (C=O) groups is 12. The molecule has 0 aromatic heterocycles. The molecule has 0 aliphatic rings. The van der Waals surface area contributed by atoms with Crippen LogP contribution in [-0.2, 0) is 105 Å². The van der Waals surface area contributed by atoms with Crippen LogP contribution in [0.1, 0.15) is 150 Å². The zero-order valence-electron chi connectivity index (χ0n) is 71.7. The predicted molar refractivity (Wildman–Crippen MR) is 468 cm³/mol. The Hall–Kier alpha value is -11.8. The molecule has 0 radical (unpaired) electrons. The third-order valence-corrected chi connectivity index (χ3v) is 26.3. The molecule has 14 atom stereocenters. The number of aromatic carboxylic acids is 2. The summed E-state index contributed by atoms with van der Waals surface area (Å²) >= 11 is 0. The number of hydrogen-bond donors (Lipinski definition) is 18. The van der Waals surface area contributed by atoms with Gasteiger partial charge in [-0.3, -0.25) is 27.8 Å². The number of amides is 3. The van der Waals surface area contributed by atoms with Crippen LogP contribution < -0.4 is 27.4 Å². The Balaban J connectivity index is 0.000000561. The van der Waals surface area contributed by atoms with Gasteiger partial charge >= 0.3 is 80.0 Å². The van der Waals surface area contributed by atoms with E-state index in [0.29, 0.717) is 0 Å². The summed E-state index contributed by atoms with van der Waals surface area (Å²) in [5, 5.41) is 82.8. The molecule has 48 heteroatoms. The summed E-state index contributed by atoms with van der Waals surface area (Å²) in [6.45, 7) is 3.99. The minimum Gasteiger partial charge on any atom is -0.480 e. The van der Waals surface area contributed by atoms with Gasteiger partial charge in [0.05, 0.1) is 57.8 Å². The van der Waals surface area contributed by atoms with Gasteiger partial charge in [-0.2, -0.15) is 4.89 Å². The van der Waals surface area contributed by atoms with E-state index in [1.54, 1.807) is 60.7 Å². The van der Waals surface area contributed by atoms with Gasteiger partial charge in [-0.05, 0) is 94.5 Å². The van der Waals surface area contributed by atoms with Gasteiger partial charge in [0.1, 0.15) is 50.0 Å². The lowest BCUT2D eigenvalue weighted by Crippen LogP contribution is -2.42. The predicted octanol–water partition coefficient (Wildman–Crippen LogP) is 8.69. The molecule has 7 rings (SSSR count). The van der Waals surface area contributed by atoms with Crippen molar-refractivity contribution >= 4 is 110 Å². The molecule has 131 heavy (non-hydrogen) atoms. The summed E-state index contributed by atoms with van der Waals surface area (Å²) in [5.41, 5.74) is 12.1. The average molecular weight is 1940 g/mol. The van der Waals surface area contributed by atoms with E-state index in [2.05, 4.69) is 39.6 Å². The maximum Gasteiger partial charge on any atom is 0.505 e. The van der Waals surface area contributed by atoms with Crippen LogP contribution in [0, 0.1) is 0 Å². The molecule has 0 bridgehead atoms. The molecular formula is C83H107N5O38P5+. The van der Waals surface area contributed by atoms with Gasteiger partial charge in [0.25, 0.3) is 0 Å². The maximum atomic E-state index is 12.8. The number of benzene rings is 7. The normalized spacial score (nSPS) is 14.6. The summed E-state index contributed by atoms with van der Waals surface area (Å²) in [6, 6.07) is 42.1. The lowest BCUT2D eigenvalue weighted by Gasteiger charge is -2.22. The van der Waals surface area contributed by atoms with Crippen molar-refractivity contribution in [3.05, 3.63) is 249 Å². The molecule has 716 valence electrons. The van der Waals surface area contributed by atoms with Crippen LogP contribution in [-0.4, -0.2) is 234 Å². The monoisotopic (exact) mass is 1940 g/mol. The molecule has 0 aliphatic carbocycles. The second-order valence-corrected chi connectivity index (χ2v) is 38.1. The number of nitrogens with one attached hydrogen (secondary N) is 3. The van der Waals surface area contributed by atoms with Gasteiger partial charge < -0.3 is 126 Å². The fraction of sp³-hybridized carbons (Fsp3) is 0.349. The van der Waals surface area contributed by atoms with E-state index < -0.39 is 188 Å². The van der Waals surface area contributed by atoms with Crippen molar-refractivity contribution in [3.63, 3.8) is 0 Å². The van der Waals surface area contributed by atoms with E-state index >= 15 is 0 Å². The van der Waals surface area contributed by atoms with Crippen molar-refractivity contribution in [1.82, 2.24) is 16.0 Å². The van der Waals surface area contributed by atoms with E-state index in [4.69, 9.17) is 51.0 Å². The number of methoxy groups -OCH3 is 5. The first-order chi connectivity index (χ1) is 61.7. The summed E-state index contributed by atoms with van der Waals surface area (Å²) in [5.74, 6) is -16.5. The Kier molecular flexibility index (Phi) is 51.7. The molecule has 0 saturated heterocycles. The molecule has 20 N–H and O–H groups in total. The van der Waals surface area contributed by atoms with Crippen molar-refractivity contribution in [3.8, 4) is 0 Å². The first-order valence-corrected chi connectivity index (χ1v) is 48.0. The Morgan fingerprint density at radius 1 is 0.366 bits per heavy atom. The number of carboxylic acid groups (broad SMARTS) is 4. The number of aliphatic hydroxyl groups is 4. The minimum atomic E-state index is -4.35. The van der Waals surface area contributed by atoms with Gasteiger partial charge in [-0.15, -0.1) is 0 Å². The molecule has 0 saturated carbocycles. The number of carboxylic acids is 4. The van der Waals surface area contributed by atoms with Gasteiger partial charge in [-0.25, -0.2) is 47.9 Å². The molecule has 0 fully saturated rings. The highest BCUT2D eigenvalue weighted by Crippen LogP contribution is 2.58. The third kappa shape index (κ3) is 41.4. The Labute approximate surface area is 752 Å². The first kappa shape index (κ1) is 115. The number of alkyl carbamates (subject to hydrolysis) is 3. The molecule has 3 amide bonds. The summed E-state index contributed by atoms with van der Waals surface area (Å²) in [7, 11) is -13.6. The number of aliphatic hydroxyl groups excluding tert-OH is 4. The van der Waals surface area contributed by atoms with E-state index in [9.17, 15) is 120 Å². The van der Waals surface area contributed by atoms with E-state index in [1.165, 1.54) is 105 Å². The zero-order valence-corrected chi connectivity index (χ0v) is 76.2. The lowest BCUT2D eigenvalue weighted by molar-refractivity contribution is -0.143. The topological polar surface area (TPSA) is 715 Å². The quantitative estimate of drug-likeness (QED) is 0.00967. The fourth-order valence-electron chi connectivity index (χ4n) is 10.8. The van der Waals surface area contributed by atoms with Gasteiger partial charge in [0.2, 0.25) is 29.5 Å². The second-order valence-electron chi connectivity index (χ2n) is 27.2. The molecular weight excluding hydrogens is 1830 g/mol. The van der Waals surface area contributed by atoms with Crippen LogP contribution in [0.15, 0.2) is 188 Å². The Morgan fingerprint density at radius 3 is 0.985 bits per heavy atom. The van der Waals surface area contributed by atoms with E-state index in [0.717, 1.165) is 44.1 Å². The Bertz CT molecular complexity index is 5120. The number of hydrogen-bond acceptors (Lipinski definition) is 31. The first-order valence-electron chi connectivity index (χ1n) is 39.0. The highest BCUT2D eigenvalue weighted by Gasteiger charge is 2.39. The molecule has 7 aromatic carbocycles. The molecule has 0 aliphatic heterocycles. The highest BCUT2D eigenvalue weighted by atomic mass is 31.2.